The van der Waals surface area contributed by atoms with Crippen molar-refractivity contribution in [1.29, 1.82) is 0 Å². The average molecular weight is 522 g/mol. The molecule has 3 heterocycles. The Balaban J connectivity index is 1.35. The van der Waals surface area contributed by atoms with Crippen molar-refractivity contribution >= 4 is 22.8 Å². The van der Waals surface area contributed by atoms with E-state index in [2.05, 4.69) is 20.9 Å². The first-order valence-corrected chi connectivity index (χ1v) is 12.3. The van der Waals surface area contributed by atoms with Crippen LogP contribution in [0.4, 0.5) is 15.8 Å². The summed E-state index contributed by atoms with van der Waals surface area (Å²) in [5, 5.41) is 22.9. The van der Waals surface area contributed by atoms with Crippen LogP contribution in [0, 0.1) is 12.8 Å². The van der Waals surface area contributed by atoms with Crippen molar-refractivity contribution in [3.8, 4) is 11.1 Å². The van der Waals surface area contributed by atoms with Crippen molar-refractivity contribution in [2.24, 2.45) is 17.5 Å². The Labute approximate surface area is 219 Å². The summed E-state index contributed by atoms with van der Waals surface area (Å²) in [5.74, 6) is 5.51. The third-order valence-electron chi connectivity index (χ3n) is 6.54. The highest BCUT2D eigenvalue weighted by Crippen LogP contribution is 2.35. The van der Waals surface area contributed by atoms with Gasteiger partial charge in [0, 0.05) is 29.6 Å². The van der Waals surface area contributed by atoms with Gasteiger partial charge in [0.05, 0.1) is 47.5 Å². The van der Waals surface area contributed by atoms with E-state index < -0.39 is 17.9 Å². The lowest BCUT2D eigenvalue weighted by Crippen LogP contribution is -2.54. The summed E-state index contributed by atoms with van der Waals surface area (Å²) in [6, 6.07) is 9.10. The van der Waals surface area contributed by atoms with Crippen LogP contribution in [-0.2, 0) is 6.54 Å². The van der Waals surface area contributed by atoms with Crippen LogP contribution >= 0.6 is 0 Å². The fourth-order valence-electron chi connectivity index (χ4n) is 4.30. The maximum atomic E-state index is 13.3. The number of nitrogens with one attached hydrogen (secondary N) is 2. The number of alkyl halides is 1. The highest BCUT2D eigenvalue weighted by Gasteiger charge is 2.42. The highest BCUT2D eigenvalue weighted by atomic mass is 19.1. The number of hydrogen-bond acceptors (Lipinski definition) is 8. The number of anilines is 2. The summed E-state index contributed by atoms with van der Waals surface area (Å²) in [6.07, 6.45) is 5.77. The number of hydrogen-bond donors (Lipinski definition) is 5. The fraction of sp³-hybridized carbons (Fsp3) is 0.346. The molecule has 0 spiro atoms. The van der Waals surface area contributed by atoms with Gasteiger partial charge in [0.15, 0.2) is 0 Å². The van der Waals surface area contributed by atoms with Crippen LogP contribution < -0.4 is 27.4 Å². The molecule has 1 amide bonds. The summed E-state index contributed by atoms with van der Waals surface area (Å²) in [7, 11) is 0. The van der Waals surface area contributed by atoms with Crippen molar-refractivity contribution in [3.63, 3.8) is 0 Å². The van der Waals surface area contributed by atoms with Crippen LogP contribution in [0.3, 0.4) is 0 Å². The summed E-state index contributed by atoms with van der Waals surface area (Å²) < 4.78 is 16.6. The number of fused-ring (bicyclic) bond motifs is 1. The molecule has 0 bridgehead atoms. The molecule has 0 radical (unpaired) electrons. The van der Waals surface area contributed by atoms with E-state index in [1.165, 1.54) is 11.3 Å². The van der Waals surface area contributed by atoms with Gasteiger partial charge in [-0.15, -0.1) is 0 Å². The number of carbonyl (C=O) groups excluding carboxylic acids is 1. The molecule has 1 aliphatic carbocycles. The molecule has 200 valence electrons. The molecule has 1 saturated carbocycles. The molecule has 1 aromatic carbocycles. The molecule has 4 aromatic rings. The van der Waals surface area contributed by atoms with Crippen molar-refractivity contribution in [2.45, 2.75) is 51.7 Å². The van der Waals surface area contributed by atoms with Gasteiger partial charge in [0.1, 0.15) is 6.17 Å². The summed E-state index contributed by atoms with van der Waals surface area (Å²) in [6.45, 7) is 5.67. The zero-order valence-corrected chi connectivity index (χ0v) is 21.5. The normalized spacial score (nSPS) is 18.0. The minimum Gasteiger partial charge on any atom is -0.389 e. The minimum atomic E-state index is -0.908. The standard InChI is InChI=1S/C26H32FN9O2/c1-15-4-5-18(36(29)33-24(28)19-10-21(19)27)9-22(15)32-25(37)20-12-31-35-7-6-16(8-23(20)35)17-11-30-34(13-17)14-26(2,3)38/h4-9,11-13,19,21,24,33,38H,10,14,28-29H2,1-3H3,(H,32,37). The molecule has 0 aliphatic heterocycles. The number of nitrogens with zero attached hydrogens (tertiary/aromatic N) is 5. The van der Waals surface area contributed by atoms with Gasteiger partial charge in [-0.3, -0.25) is 9.48 Å². The number of benzene rings is 1. The Hall–Kier alpha value is -3.84. The Morgan fingerprint density at radius 3 is 2.74 bits per heavy atom. The summed E-state index contributed by atoms with van der Waals surface area (Å²) >= 11 is 0. The predicted molar refractivity (Wildman–Crippen MR) is 143 cm³/mol. The molecule has 3 atom stereocenters. The maximum Gasteiger partial charge on any atom is 0.259 e. The molecule has 7 N–H and O–H groups in total. The number of halogens is 1. The van der Waals surface area contributed by atoms with E-state index in [0.717, 1.165) is 16.7 Å². The molecule has 11 nitrogen and oxygen atoms in total. The molecular weight excluding hydrogens is 489 g/mol. The van der Waals surface area contributed by atoms with Crippen LogP contribution in [0.5, 0.6) is 0 Å². The molecule has 38 heavy (non-hydrogen) atoms. The van der Waals surface area contributed by atoms with E-state index in [0.29, 0.717) is 35.4 Å². The quantitative estimate of drug-likeness (QED) is 0.128. The first kappa shape index (κ1) is 25.8. The Kier molecular flexibility index (Phi) is 6.65. The number of amides is 1. The number of hydrazine groups is 2. The van der Waals surface area contributed by atoms with Crippen molar-refractivity contribution in [2.75, 3.05) is 10.4 Å². The van der Waals surface area contributed by atoms with Gasteiger partial charge >= 0.3 is 0 Å². The van der Waals surface area contributed by atoms with Crippen LogP contribution in [0.25, 0.3) is 16.6 Å². The van der Waals surface area contributed by atoms with Crippen LogP contribution in [-0.4, -0.2) is 48.3 Å². The molecule has 12 heteroatoms. The second-order valence-electron chi connectivity index (χ2n) is 10.4. The van der Waals surface area contributed by atoms with Gasteiger partial charge in [0.25, 0.3) is 5.91 Å². The SMILES string of the molecule is Cc1ccc(N(N)NC(N)C2CC2F)cc1NC(=O)c1cnn2ccc(-c3cnn(CC(C)(C)O)c3)cc12. The van der Waals surface area contributed by atoms with Crippen LogP contribution in [0.1, 0.15) is 36.2 Å². The Morgan fingerprint density at radius 1 is 1.26 bits per heavy atom. The maximum absolute atomic E-state index is 13.3. The van der Waals surface area contributed by atoms with E-state index in [1.807, 2.05) is 31.3 Å². The third-order valence-corrected chi connectivity index (χ3v) is 6.54. The fourth-order valence-corrected chi connectivity index (χ4v) is 4.30. The first-order chi connectivity index (χ1) is 18.0. The highest BCUT2D eigenvalue weighted by molar-refractivity contribution is 6.09. The average Bonchev–Trinajstić information content (AvgIpc) is 3.22. The van der Waals surface area contributed by atoms with Crippen LogP contribution in [0.2, 0.25) is 0 Å². The molecule has 5 rings (SSSR count). The van der Waals surface area contributed by atoms with Crippen molar-refractivity contribution < 1.29 is 14.3 Å². The Bertz CT molecular complexity index is 1480. The molecule has 0 saturated heterocycles. The zero-order valence-electron chi connectivity index (χ0n) is 21.5. The minimum absolute atomic E-state index is 0.262. The number of aliphatic hydroxyl groups is 1. The van der Waals surface area contributed by atoms with E-state index >= 15 is 0 Å². The second kappa shape index (κ2) is 9.80. The lowest BCUT2D eigenvalue weighted by molar-refractivity contribution is 0.0577. The molecule has 3 unspecified atom stereocenters. The van der Waals surface area contributed by atoms with E-state index in [9.17, 15) is 14.3 Å². The third kappa shape index (κ3) is 5.53. The molecular formula is C26H32FN9O2. The van der Waals surface area contributed by atoms with E-state index in [4.69, 9.17) is 11.6 Å². The van der Waals surface area contributed by atoms with Crippen LogP contribution in [0.15, 0.2) is 55.1 Å². The van der Waals surface area contributed by atoms with Crippen molar-refractivity contribution in [1.82, 2.24) is 24.8 Å². The van der Waals surface area contributed by atoms with Gasteiger partial charge in [-0.2, -0.15) is 10.2 Å². The van der Waals surface area contributed by atoms with Gasteiger partial charge in [-0.1, -0.05) is 6.07 Å². The monoisotopic (exact) mass is 521 g/mol. The topological polar surface area (TPSA) is 152 Å². The van der Waals surface area contributed by atoms with Gasteiger partial charge in [0.2, 0.25) is 0 Å². The number of aromatic nitrogens is 4. The zero-order chi connectivity index (χ0) is 27.2. The molecule has 3 aromatic heterocycles. The number of carbonyl (C=O) groups is 1. The number of pyridine rings is 1. The number of aryl methyl sites for hydroxylation is 1. The number of rotatable bonds is 9. The number of nitrogens with two attached hydrogens (primary N) is 2. The van der Waals surface area contributed by atoms with Crippen molar-refractivity contribution in [3.05, 3.63) is 66.2 Å². The summed E-state index contributed by atoms with van der Waals surface area (Å²) in [4.78, 5) is 13.3. The Morgan fingerprint density at radius 2 is 2.03 bits per heavy atom. The smallest absolute Gasteiger partial charge is 0.259 e. The van der Waals surface area contributed by atoms with E-state index in [-0.39, 0.29) is 11.8 Å². The van der Waals surface area contributed by atoms with E-state index in [1.54, 1.807) is 47.6 Å². The predicted octanol–water partition coefficient (Wildman–Crippen LogP) is 2.36. The first-order valence-electron chi connectivity index (χ1n) is 12.3. The lowest BCUT2D eigenvalue weighted by Gasteiger charge is -2.25. The second-order valence-corrected chi connectivity index (χ2v) is 10.4. The molecule has 1 fully saturated rings. The van der Waals surface area contributed by atoms with Gasteiger partial charge in [-0.05, 0) is 62.6 Å². The lowest BCUT2D eigenvalue weighted by atomic mass is 10.1. The van der Waals surface area contributed by atoms with Gasteiger partial charge in [-0.25, -0.2) is 25.3 Å². The summed E-state index contributed by atoms with van der Waals surface area (Å²) in [5.41, 5.74) is 12.7. The molecule has 1 aliphatic rings. The van der Waals surface area contributed by atoms with Gasteiger partial charge < -0.3 is 16.2 Å². The largest absolute Gasteiger partial charge is 0.389 e.